The summed E-state index contributed by atoms with van der Waals surface area (Å²) in [6, 6.07) is 67.7. The van der Waals surface area contributed by atoms with E-state index in [2.05, 4.69) is 255 Å². The van der Waals surface area contributed by atoms with Crippen molar-refractivity contribution in [2.75, 3.05) is 7.11 Å². The Morgan fingerprint density at radius 1 is 0.317 bits per heavy atom. The molecule has 4 heterocycles. The molecular weight excluding hydrogens is 1230 g/mol. The van der Waals surface area contributed by atoms with E-state index in [1.165, 1.54) is 200 Å². The first-order chi connectivity index (χ1) is 49.2. The van der Waals surface area contributed by atoms with E-state index in [0.29, 0.717) is 0 Å². The van der Waals surface area contributed by atoms with Crippen LogP contribution in [0, 0.1) is 0 Å². The standard InChI is InChI=1S/C17H14O.2C14H14.C13H13N.C10H12.2C9H11N.C8H10N2.CH4/c1-18-16-10-15-13-8-3-2-6-11(13)12-7-4-5-9-14(12)17(15)16;1-2-10-7-13-8-11-5-3-4-6-12(11)9-14(10)13;1-2-10-9-12-8-7-11-5-3-4-6-13(11)14(10)12;1-2-9-7-12-13(9)11-6-4-3-5-10(11)8-14-12;1-2-8-7-9-5-3-4-6-10(8)9;1-2-7-5-8-3-4-10-6-9(7)8;1-2-7-6-8-4-3-5-10-9(7)8;1-2-6-3-7-4-9-5-10-8(6)7;/h2-9,16H,10H2,1H3;3-6,8-10H,2,7H2,1H3;3-8,10H,2,9H2,1H3;3-6,8-9H,2,7H2,1H3;3-6,8H,2,7H2,1H3;3-4,6-7H,2,5H2,1H3;3-5,7H,2,6H2,1H3;4-6H,2-3H2,1H3;1H4. The van der Waals surface area contributed by atoms with Crippen molar-refractivity contribution in [2.24, 2.45) is 0 Å². The molecule has 101 heavy (non-hydrogen) atoms. The summed E-state index contributed by atoms with van der Waals surface area (Å²) in [5.74, 6) is 5.56. The maximum Gasteiger partial charge on any atom is 0.115 e. The molecule has 8 atom stereocenters. The van der Waals surface area contributed by atoms with Crippen molar-refractivity contribution in [3.05, 3.63) is 315 Å². The van der Waals surface area contributed by atoms with Gasteiger partial charge in [0, 0.05) is 73.1 Å². The van der Waals surface area contributed by atoms with Crippen LogP contribution < -0.4 is 0 Å². The van der Waals surface area contributed by atoms with E-state index in [-0.39, 0.29) is 13.5 Å². The highest BCUT2D eigenvalue weighted by Crippen LogP contribution is 2.47. The third-order valence-corrected chi connectivity index (χ3v) is 23.4. The van der Waals surface area contributed by atoms with Crippen LogP contribution in [-0.2, 0) is 56.1 Å². The Labute approximate surface area is 601 Å². The van der Waals surface area contributed by atoms with Gasteiger partial charge in [-0.25, -0.2) is 9.97 Å². The lowest BCUT2D eigenvalue weighted by Crippen LogP contribution is -2.19. The van der Waals surface area contributed by atoms with Crippen LogP contribution in [0.25, 0.3) is 53.9 Å². The Bertz CT molecular complexity index is 4700. The molecular formula is C95H103N5O. The number of hydrogen-bond acceptors (Lipinski definition) is 6. The van der Waals surface area contributed by atoms with Crippen LogP contribution in [0.15, 0.2) is 225 Å². The SMILES string of the molecule is C.CCC1Cc2cc3ccccc3cc21.CCC1Cc2ccc3ccccc3c21.CCC1Cc2ccccc21.CCC1Cc2cccnc21.CCC1Cc2ccncc21.CCC1Cc2cncnc21.CCC1Cc2ncc3ccccc3c21.COC1Cc2c1c1ccccc1c1ccccc21. The van der Waals surface area contributed by atoms with Crippen molar-refractivity contribution >= 4 is 53.9 Å². The summed E-state index contributed by atoms with van der Waals surface area (Å²) in [5, 5.41) is 13.8. The van der Waals surface area contributed by atoms with Gasteiger partial charge in [-0.15, -0.1) is 0 Å². The van der Waals surface area contributed by atoms with E-state index in [1.54, 1.807) is 46.8 Å². The van der Waals surface area contributed by atoms with Gasteiger partial charge in [0.25, 0.3) is 0 Å². The molecule has 0 spiro atoms. The summed E-state index contributed by atoms with van der Waals surface area (Å²) in [5.41, 5.74) is 23.6. The van der Waals surface area contributed by atoms with E-state index < -0.39 is 0 Å². The molecule has 0 N–H and O–H groups in total. The second kappa shape index (κ2) is 32.2. The molecule has 514 valence electrons. The fraction of sp³-hybridized carbons (Fsp3) is 0.337. The molecule has 4 aromatic heterocycles. The van der Waals surface area contributed by atoms with Crippen LogP contribution in [0.4, 0.5) is 0 Å². The van der Waals surface area contributed by atoms with Gasteiger partial charge in [-0.05, 0) is 252 Å². The van der Waals surface area contributed by atoms with Gasteiger partial charge in [0.1, 0.15) is 6.33 Å². The average molecular weight is 1330 g/mol. The van der Waals surface area contributed by atoms with Gasteiger partial charge in [-0.1, -0.05) is 232 Å². The molecule has 8 aliphatic rings. The highest BCUT2D eigenvalue weighted by atomic mass is 16.5. The largest absolute Gasteiger partial charge is 0.376 e. The molecule has 8 unspecified atom stereocenters. The number of methoxy groups -OCH3 is 1. The lowest BCUT2D eigenvalue weighted by molar-refractivity contribution is 0.0867. The van der Waals surface area contributed by atoms with Gasteiger partial charge < -0.3 is 4.74 Å². The summed E-state index contributed by atoms with van der Waals surface area (Å²) in [7, 11) is 1.80. The van der Waals surface area contributed by atoms with Crippen molar-refractivity contribution in [2.45, 2.75) is 200 Å². The topological polar surface area (TPSA) is 73.7 Å². The number of rotatable bonds is 8. The minimum Gasteiger partial charge on any atom is -0.376 e. The van der Waals surface area contributed by atoms with Gasteiger partial charge in [0.15, 0.2) is 0 Å². The number of hydrogen-bond donors (Lipinski definition) is 0. The molecule has 0 radical (unpaired) electrons. The summed E-state index contributed by atoms with van der Waals surface area (Å²) >= 11 is 0. The van der Waals surface area contributed by atoms with Crippen LogP contribution in [0.5, 0.6) is 0 Å². The van der Waals surface area contributed by atoms with E-state index in [9.17, 15) is 0 Å². The van der Waals surface area contributed by atoms with Crippen LogP contribution in [0.1, 0.15) is 238 Å². The molecule has 13 aromatic rings. The molecule has 6 heteroatoms. The van der Waals surface area contributed by atoms with Crippen molar-refractivity contribution in [1.82, 2.24) is 24.9 Å². The highest BCUT2D eigenvalue weighted by molar-refractivity contribution is 6.12. The summed E-state index contributed by atoms with van der Waals surface area (Å²) in [4.78, 5) is 21.1. The minimum atomic E-state index is 0. The smallest absolute Gasteiger partial charge is 0.115 e. The second-order valence-corrected chi connectivity index (χ2v) is 28.8. The predicted octanol–water partition coefficient (Wildman–Crippen LogP) is 24.5. The lowest BCUT2D eigenvalue weighted by atomic mass is 9.74. The van der Waals surface area contributed by atoms with Gasteiger partial charge in [-0.2, -0.15) is 0 Å². The van der Waals surface area contributed by atoms with E-state index in [1.807, 2.05) is 37.1 Å². The fourth-order valence-electron chi connectivity index (χ4n) is 17.0. The number of aromatic nitrogens is 5. The van der Waals surface area contributed by atoms with Crippen LogP contribution in [0.3, 0.4) is 0 Å². The quantitative estimate of drug-likeness (QED) is 0.141. The summed E-state index contributed by atoms with van der Waals surface area (Å²) in [6.45, 7) is 15.8. The van der Waals surface area contributed by atoms with E-state index in [4.69, 9.17) is 4.74 Å². The van der Waals surface area contributed by atoms with Gasteiger partial charge in [-0.3, -0.25) is 15.0 Å². The third-order valence-electron chi connectivity index (χ3n) is 23.4. The number of pyridine rings is 3. The Morgan fingerprint density at radius 2 is 0.832 bits per heavy atom. The van der Waals surface area contributed by atoms with Gasteiger partial charge >= 0.3 is 0 Å². The number of nitrogens with zero attached hydrogens (tertiary/aromatic N) is 5. The summed E-state index contributed by atoms with van der Waals surface area (Å²) < 4.78 is 5.57. The Hall–Kier alpha value is -9.23. The third kappa shape index (κ3) is 14.3. The first-order valence-corrected chi connectivity index (χ1v) is 37.8. The monoisotopic (exact) mass is 1330 g/mol. The molecule has 0 saturated heterocycles. The summed E-state index contributed by atoms with van der Waals surface area (Å²) in [6.07, 6.45) is 30.2. The van der Waals surface area contributed by atoms with Gasteiger partial charge in [0.2, 0.25) is 0 Å². The predicted molar refractivity (Wildman–Crippen MR) is 425 cm³/mol. The number of benzene rings is 9. The highest BCUT2D eigenvalue weighted by Gasteiger charge is 2.33. The zero-order valence-electron chi connectivity index (χ0n) is 60.2. The van der Waals surface area contributed by atoms with Crippen molar-refractivity contribution in [3.8, 4) is 0 Å². The van der Waals surface area contributed by atoms with Gasteiger partial charge in [0.05, 0.1) is 11.8 Å². The average Bonchev–Trinajstić information content (AvgIpc) is 0.725. The van der Waals surface area contributed by atoms with E-state index >= 15 is 0 Å². The zero-order valence-corrected chi connectivity index (χ0v) is 60.2. The molecule has 8 aliphatic carbocycles. The molecule has 0 saturated carbocycles. The molecule has 0 amide bonds. The molecule has 6 nitrogen and oxygen atoms in total. The van der Waals surface area contributed by atoms with Crippen LogP contribution in [0.2, 0.25) is 0 Å². The molecule has 9 aromatic carbocycles. The first kappa shape index (κ1) is 70.2. The van der Waals surface area contributed by atoms with Crippen LogP contribution in [-0.4, -0.2) is 32.0 Å². The Morgan fingerprint density at radius 3 is 1.50 bits per heavy atom. The minimum absolute atomic E-state index is 0. The van der Waals surface area contributed by atoms with Crippen molar-refractivity contribution < 1.29 is 4.74 Å². The molecule has 0 aliphatic heterocycles. The molecule has 0 fully saturated rings. The second-order valence-electron chi connectivity index (χ2n) is 28.8. The van der Waals surface area contributed by atoms with Crippen molar-refractivity contribution in [1.29, 1.82) is 0 Å². The first-order valence-electron chi connectivity index (χ1n) is 37.8. The number of ether oxygens (including phenoxy) is 1. The molecule has 0 bridgehead atoms. The van der Waals surface area contributed by atoms with Crippen molar-refractivity contribution in [3.63, 3.8) is 0 Å². The Balaban J connectivity index is 0.000000104. The van der Waals surface area contributed by atoms with E-state index in [0.717, 1.165) is 47.8 Å². The lowest BCUT2D eigenvalue weighted by Gasteiger charge is -2.32. The maximum absolute atomic E-state index is 5.57. The maximum atomic E-state index is 5.57. The normalized spacial score (nSPS) is 19.6. The fourth-order valence-corrected chi connectivity index (χ4v) is 17.0. The Kier molecular flexibility index (Phi) is 22.4. The van der Waals surface area contributed by atoms with Crippen LogP contribution >= 0.6 is 0 Å². The number of fused-ring (bicyclic) bond motifs is 18. The zero-order chi connectivity index (χ0) is 68.6. The molecule has 21 rings (SSSR count).